The van der Waals surface area contributed by atoms with Gasteiger partial charge in [0.1, 0.15) is 5.01 Å². The summed E-state index contributed by atoms with van der Waals surface area (Å²) in [7, 11) is 0. The Morgan fingerprint density at radius 1 is 1.12 bits per heavy atom. The fraction of sp³-hybridized carbons (Fsp3) is 0.333. The van der Waals surface area contributed by atoms with Crippen LogP contribution in [0.1, 0.15) is 15.6 Å². The molecule has 0 unspecified atom stereocenters. The van der Waals surface area contributed by atoms with Crippen molar-refractivity contribution in [2.75, 3.05) is 5.32 Å². The summed E-state index contributed by atoms with van der Waals surface area (Å²) in [5, 5.41) is 17.0. The quantitative estimate of drug-likeness (QED) is 0.771. The molecule has 1 N–H and O–H groups in total. The number of nitrogens with one attached hydrogen (secondary N) is 1. The zero-order valence-corrected chi connectivity index (χ0v) is 11.2. The maximum Gasteiger partial charge on any atom is 0.250 e. The number of aromatic nitrogens is 5. The highest BCUT2D eigenvalue weighted by Crippen LogP contribution is 2.23. The molecule has 0 saturated carbocycles. The summed E-state index contributed by atoms with van der Waals surface area (Å²) < 4.78 is 1.84. The van der Waals surface area contributed by atoms with Crippen LogP contribution in [0.15, 0.2) is 0 Å². The van der Waals surface area contributed by atoms with E-state index in [0.717, 1.165) is 20.8 Å². The number of rotatable bonds is 2. The van der Waals surface area contributed by atoms with Gasteiger partial charge in [-0.05, 0) is 20.8 Å². The summed E-state index contributed by atoms with van der Waals surface area (Å²) in [6, 6.07) is 0. The molecule has 0 spiro atoms. The van der Waals surface area contributed by atoms with E-state index in [-0.39, 0.29) is 0 Å². The molecule has 0 saturated heterocycles. The summed E-state index contributed by atoms with van der Waals surface area (Å²) in [6.45, 7) is 6.01. The van der Waals surface area contributed by atoms with E-state index in [9.17, 15) is 0 Å². The molecule has 0 aliphatic rings. The first kappa shape index (κ1) is 10.6. The van der Waals surface area contributed by atoms with Crippen LogP contribution >= 0.6 is 22.7 Å². The van der Waals surface area contributed by atoms with Crippen LogP contribution in [0.5, 0.6) is 0 Å². The van der Waals surface area contributed by atoms with E-state index in [2.05, 4.69) is 32.5 Å². The number of nitrogens with zero attached hydrogens (tertiary/aromatic N) is 5. The molecule has 17 heavy (non-hydrogen) atoms. The van der Waals surface area contributed by atoms with Gasteiger partial charge in [-0.3, -0.25) is 5.32 Å². The van der Waals surface area contributed by atoms with E-state index < -0.39 is 0 Å². The number of thiazole rings is 1. The average Bonchev–Trinajstić information content (AvgIpc) is 2.90. The van der Waals surface area contributed by atoms with Gasteiger partial charge in [0.2, 0.25) is 16.0 Å². The molecule has 0 fully saturated rings. The van der Waals surface area contributed by atoms with E-state index in [0.29, 0.717) is 5.95 Å². The Morgan fingerprint density at radius 2 is 1.94 bits per heavy atom. The molecule has 0 radical (unpaired) electrons. The minimum Gasteiger partial charge on any atom is -0.297 e. The lowest BCUT2D eigenvalue weighted by Gasteiger charge is -1.93. The van der Waals surface area contributed by atoms with Crippen molar-refractivity contribution in [3.8, 4) is 0 Å². The highest BCUT2D eigenvalue weighted by atomic mass is 32.1. The van der Waals surface area contributed by atoms with Crippen LogP contribution in [0, 0.1) is 20.8 Å². The first-order chi connectivity index (χ1) is 8.13. The molecular formula is C9H10N6S2. The minimum absolute atomic E-state index is 0.565. The number of hydrogen-bond donors (Lipinski definition) is 1. The second-order valence-corrected chi connectivity index (χ2v) is 5.99. The lowest BCUT2D eigenvalue weighted by Crippen LogP contribution is -1.94. The summed E-state index contributed by atoms with van der Waals surface area (Å²) >= 11 is 3.12. The van der Waals surface area contributed by atoms with E-state index in [1.807, 2.05) is 18.4 Å². The fourth-order valence-electron chi connectivity index (χ4n) is 1.44. The van der Waals surface area contributed by atoms with E-state index in [4.69, 9.17) is 0 Å². The zero-order chi connectivity index (χ0) is 12.0. The normalized spacial score (nSPS) is 11.2. The van der Waals surface area contributed by atoms with Crippen LogP contribution < -0.4 is 5.32 Å². The lowest BCUT2D eigenvalue weighted by molar-refractivity contribution is 0.927. The number of fused-ring (bicyclic) bond motifs is 1. The topological polar surface area (TPSA) is 68.0 Å². The molecule has 88 valence electrons. The van der Waals surface area contributed by atoms with Gasteiger partial charge in [-0.1, -0.05) is 22.7 Å². The average molecular weight is 266 g/mol. The molecule has 0 aliphatic carbocycles. The molecule has 8 heteroatoms. The highest BCUT2D eigenvalue weighted by Gasteiger charge is 2.11. The Morgan fingerprint density at radius 3 is 2.59 bits per heavy atom. The number of aryl methyl sites for hydroxylation is 3. The van der Waals surface area contributed by atoms with Gasteiger partial charge in [-0.2, -0.15) is 4.98 Å². The fourth-order valence-corrected chi connectivity index (χ4v) is 2.93. The summed E-state index contributed by atoms with van der Waals surface area (Å²) in [5.74, 6) is 0.565. The molecule has 3 heterocycles. The summed E-state index contributed by atoms with van der Waals surface area (Å²) in [6.07, 6.45) is 0. The first-order valence-corrected chi connectivity index (χ1v) is 6.66. The third kappa shape index (κ3) is 1.79. The lowest BCUT2D eigenvalue weighted by atomic mass is 10.4. The zero-order valence-electron chi connectivity index (χ0n) is 9.55. The predicted molar refractivity (Wildman–Crippen MR) is 68.3 cm³/mol. The van der Waals surface area contributed by atoms with E-state index in [1.165, 1.54) is 16.2 Å². The molecule has 0 amide bonds. The monoisotopic (exact) mass is 266 g/mol. The maximum absolute atomic E-state index is 4.40. The smallest absolute Gasteiger partial charge is 0.250 e. The third-order valence-electron chi connectivity index (χ3n) is 2.39. The van der Waals surface area contributed by atoms with Crippen LogP contribution in [-0.2, 0) is 0 Å². The first-order valence-electron chi connectivity index (χ1n) is 5.03. The SMILES string of the molecule is Cc1nnc(Nc2nc3sc(C)c(C)n3n2)s1. The van der Waals surface area contributed by atoms with Crippen molar-refractivity contribution in [1.29, 1.82) is 0 Å². The van der Waals surface area contributed by atoms with Crippen LogP contribution in [0.4, 0.5) is 11.1 Å². The number of anilines is 2. The Bertz CT molecular complexity index is 679. The maximum atomic E-state index is 4.40. The van der Waals surface area contributed by atoms with Gasteiger partial charge in [0, 0.05) is 4.88 Å². The van der Waals surface area contributed by atoms with Crippen LogP contribution in [0.2, 0.25) is 0 Å². The molecule has 3 aromatic heterocycles. The Kier molecular flexibility index (Phi) is 2.33. The molecule has 0 aliphatic heterocycles. The molecular weight excluding hydrogens is 256 g/mol. The van der Waals surface area contributed by atoms with E-state index in [1.54, 1.807) is 11.3 Å². The number of hydrogen-bond acceptors (Lipinski definition) is 7. The summed E-state index contributed by atoms with van der Waals surface area (Å²) in [4.78, 5) is 6.52. The van der Waals surface area contributed by atoms with Gasteiger partial charge in [-0.25, -0.2) is 4.52 Å². The van der Waals surface area contributed by atoms with Crippen LogP contribution in [-0.4, -0.2) is 24.8 Å². The highest BCUT2D eigenvalue weighted by molar-refractivity contribution is 7.17. The van der Waals surface area contributed by atoms with Crippen molar-refractivity contribution < 1.29 is 0 Å². The molecule has 0 aromatic carbocycles. The van der Waals surface area contributed by atoms with Crippen molar-refractivity contribution in [1.82, 2.24) is 24.8 Å². The van der Waals surface area contributed by atoms with Gasteiger partial charge >= 0.3 is 0 Å². The third-order valence-corrected chi connectivity index (χ3v) is 4.20. The second kappa shape index (κ2) is 3.74. The Balaban J connectivity index is 1.96. The molecule has 3 aromatic rings. The van der Waals surface area contributed by atoms with Gasteiger partial charge in [-0.15, -0.1) is 15.3 Å². The molecule has 3 rings (SSSR count). The van der Waals surface area contributed by atoms with Crippen LogP contribution in [0.3, 0.4) is 0 Å². The van der Waals surface area contributed by atoms with Crippen molar-refractivity contribution >= 4 is 38.7 Å². The van der Waals surface area contributed by atoms with Gasteiger partial charge in [0.05, 0.1) is 5.69 Å². The molecule has 0 atom stereocenters. The van der Waals surface area contributed by atoms with Gasteiger partial charge < -0.3 is 0 Å². The van der Waals surface area contributed by atoms with Gasteiger partial charge in [0.15, 0.2) is 0 Å². The van der Waals surface area contributed by atoms with Gasteiger partial charge in [0.25, 0.3) is 0 Å². The predicted octanol–water partition coefficient (Wildman–Crippen LogP) is 2.31. The molecule has 6 nitrogen and oxygen atoms in total. The molecule has 0 bridgehead atoms. The minimum atomic E-state index is 0.565. The standard InChI is InChI=1S/C9H10N6S2/c1-4-5(2)16-9-11-7(14-15(4)9)10-8-13-12-6(3)17-8/h1-3H3,(H,10,13,14). The van der Waals surface area contributed by atoms with Crippen molar-refractivity contribution in [2.45, 2.75) is 20.8 Å². The largest absolute Gasteiger partial charge is 0.297 e. The Hall–Kier alpha value is -1.54. The second-order valence-electron chi connectivity index (χ2n) is 3.62. The van der Waals surface area contributed by atoms with Crippen LogP contribution in [0.25, 0.3) is 4.96 Å². The van der Waals surface area contributed by atoms with Crippen molar-refractivity contribution in [3.63, 3.8) is 0 Å². The van der Waals surface area contributed by atoms with Crippen molar-refractivity contribution in [3.05, 3.63) is 15.6 Å². The summed E-state index contributed by atoms with van der Waals surface area (Å²) in [5.41, 5.74) is 1.12. The van der Waals surface area contributed by atoms with E-state index >= 15 is 0 Å². The Labute approximate surface area is 105 Å². The van der Waals surface area contributed by atoms with Crippen molar-refractivity contribution in [2.24, 2.45) is 0 Å².